The van der Waals surface area contributed by atoms with E-state index in [0.717, 1.165) is 58.6 Å². The molecule has 0 atom stereocenters. The number of halogens is 2. The van der Waals surface area contributed by atoms with Crippen molar-refractivity contribution >= 4 is 95.1 Å². The first-order valence-corrected chi connectivity index (χ1v) is 22.8. The molecule has 6 N–H and O–H groups in total. The number of nitrogens with one attached hydrogen (secondary N) is 1. The summed E-state index contributed by atoms with van der Waals surface area (Å²) in [5.41, 5.74) is 13.2. The molecule has 0 radical (unpaired) electrons. The van der Waals surface area contributed by atoms with Gasteiger partial charge in [-0.05, 0) is 73.1 Å². The van der Waals surface area contributed by atoms with Crippen LogP contribution in [0, 0.1) is 20.8 Å². The van der Waals surface area contributed by atoms with Crippen LogP contribution in [0.15, 0.2) is 127 Å². The Morgan fingerprint density at radius 1 is 0.533 bits per heavy atom. The third-order valence-electron chi connectivity index (χ3n) is 9.14. The second-order valence-electron chi connectivity index (χ2n) is 14.1. The van der Waals surface area contributed by atoms with Gasteiger partial charge in [-0.3, -0.25) is 0 Å². The molecule has 26 heteroatoms. The number of rotatable bonds is 7. The van der Waals surface area contributed by atoms with E-state index in [2.05, 4.69) is 91.0 Å². The minimum Gasteiger partial charge on any atom is -0.857 e. The molecule has 0 spiro atoms. The van der Waals surface area contributed by atoms with Gasteiger partial charge in [-0.2, -0.15) is 7.11 Å². The fourth-order valence-electron chi connectivity index (χ4n) is 5.92. The summed E-state index contributed by atoms with van der Waals surface area (Å²) >= 11 is 9.03. The molecule has 0 fully saturated rings. The van der Waals surface area contributed by atoms with E-state index in [0.29, 0.717) is 68.1 Å². The van der Waals surface area contributed by atoms with E-state index < -0.39 is 0 Å². The van der Waals surface area contributed by atoms with Crippen LogP contribution in [-0.4, -0.2) is 117 Å². The fourth-order valence-corrected chi connectivity index (χ4v) is 6.41. The molecule has 0 aliphatic heterocycles. The van der Waals surface area contributed by atoms with Crippen molar-refractivity contribution in [1.29, 1.82) is 0 Å². The van der Waals surface area contributed by atoms with E-state index in [9.17, 15) is 0 Å². The van der Waals surface area contributed by atoms with Crippen molar-refractivity contribution in [3.8, 4) is 17.6 Å². The first-order valence-electron chi connectivity index (χ1n) is 21.6. The van der Waals surface area contributed by atoms with Crippen LogP contribution in [0.5, 0.6) is 17.6 Å². The van der Waals surface area contributed by atoms with Gasteiger partial charge in [0.25, 0.3) is 0 Å². The van der Waals surface area contributed by atoms with E-state index in [-0.39, 0.29) is 29.6 Å². The SMILES string of the molecule is CO.COc1cnc(N(C)c2nc(C)nc3ccccc23)cn1.COc1cnc(N)cn1.COc1cnc(Nc2nc(C)nc3ccccc23)cn1.C[O-].Cc1nc(Cl)c2ccccc2n1.Nc1cnc(Br)cn1.[Na+]. The Morgan fingerprint density at radius 2 is 0.973 bits per heavy atom. The summed E-state index contributed by atoms with van der Waals surface area (Å²) in [6, 6.07) is 23.4. The molecule has 0 aliphatic carbocycles. The zero-order valence-corrected chi connectivity index (χ0v) is 47.1. The van der Waals surface area contributed by atoms with Crippen molar-refractivity contribution in [3.05, 3.63) is 150 Å². The Hall–Kier alpha value is -7.71. The monoisotopic (exact) mass is 1110 g/mol. The second-order valence-corrected chi connectivity index (χ2v) is 15.3. The molecule has 0 unspecified atom stereocenters. The number of aryl methyl sites for hydroxylation is 3. The van der Waals surface area contributed by atoms with Crippen molar-refractivity contribution in [1.82, 2.24) is 69.8 Å². The third-order valence-corrected chi connectivity index (χ3v) is 9.84. The van der Waals surface area contributed by atoms with Crippen molar-refractivity contribution < 1.29 is 54.0 Å². The first kappa shape index (κ1) is 61.6. The van der Waals surface area contributed by atoms with Crippen LogP contribution in [-0.2, 0) is 0 Å². The Morgan fingerprint density at radius 3 is 1.45 bits per heavy atom. The summed E-state index contributed by atoms with van der Waals surface area (Å²) in [5, 5.41) is 21.8. The maximum Gasteiger partial charge on any atom is 1.00 e. The van der Waals surface area contributed by atoms with E-state index in [4.69, 9.17) is 47.5 Å². The third kappa shape index (κ3) is 19.3. The van der Waals surface area contributed by atoms with Crippen LogP contribution in [0.25, 0.3) is 32.7 Å². The Kier molecular flexibility index (Phi) is 26.7. The van der Waals surface area contributed by atoms with Crippen molar-refractivity contribution in [2.75, 3.05) is 64.3 Å². The van der Waals surface area contributed by atoms with Crippen molar-refractivity contribution in [2.24, 2.45) is 0 Å². The smallest absolute Gasteiger partial charge is 0.857 e. The summed E-state index contributed by atoms with van der Waals surface area (Å²) in [6.07, 6.45) is 12.4. The number of methoxy groups -OCH3 is 3. The zero-order valence-electron chi connectivity index (χ0n) is 42.7. The van der Waals surface area contributed by atoms with E-state index >= 15 is 0 Å². The predicted octanol–water partition coefficient (Wildman–Crippen LogP) is 4.05. The number of nitrogens with two attached hydrogens (primary N) is 2. The standard InChI is InChI=1S/C15H15N5O.C14H13N5O.C9H7ClN2.C5H7N3O.C4H4BrN3.CH4O.CH3O.Na/c1-10-18-12-7-5-4-6-11(12)15(19-10)20(2)13-8-17-14(21-3)9-16-13;1-9-17-11-6-4-3-5-10(11)14(18-9)19-12-7-16-13(20-2)8-15-12;1-6-11-8-5-3-2-4-7(8)9(10)12-6;1-9-5-3-7-4(6)2-8-5;5-3-1-8-4(6)2-7-3;2*1-2;/h4-9H,1-3H3;3-8H,1-2H3,(H,15,17,18,19);2-5H,1H3;2-3H,1H3,(H2,6,7);1-2H,(H2,6,8);2H,1H3;1H3;/q;;;;;;-1;+1. The van der Waals surface area contributed by atoms with Crippen LogP contribution in [0.2, 0.25) is 5.15 Å². The number of aromatic nitrogens is 14. The largest absolute Gasteiger partial charge is 1.00 e. The number of aliphatic hydroxyl groups excluding tert-OH is 1. The fraction of sp³-hybridized carbons (Fsp3) is 0.184. The van der Waals surface area contributed by atoms with Gasteiger partial charge < -0.3 is 46.1 Å². The second kappa shape index (κ2) is 32.5. The summed E-state index contributed by atoms with van der Waals surface area (Å²) < 4.78 is 15.4. The van der Waals surface area contributed by atoms with Gasteiger partial charge in [0.2, 0.25) is 17.6 Å². The number of anilines is 6. The maximum absolute atomic E-state index is 8.25. The van der Waals surface area contributed by atoms with Gasteiger partial charge in [0.05, 0.1) is 87.5 Å². The van der Waals surface area contributed by atoms with Crippen LogP contribution in [0.4, 0.5) is 34.9 Å². The molecule has 3 aromatic carbocycles. The van der Waals surface area contributed by atoms with Crippen LogP contribution >= 0.6 is 27.5 Å². The normalized spacial score (nSPS) is 9.67. The molecule has 0 amide bonds. The molecular weight excluding hydrogens is 1060 g/mol. The molecule has 23 nitrogen and oxygen atoms in total. The van der Waals surface area contributed by atoms with Gasteiger partial charge in [-0.25, -0.2) is 69.8 Å². The van der Waals surface area contributed by atoms with E-state index in [1.165, 1.54) is 25.7 Å². The summed E-state index contributed by atoms with van der Waals surface area (Å²) in [4.78, 5) is 59.9. The number of fused-ring (bicyclic) bond motifs is 3. The van der Waals surface area contributed by atoms with Crippen molar-refractivity contribution in [3.63, 3.8) is 0 Å². The van der Waals surface area contributed by atoms with Gasteiger partial charge in [0.15, 0.2) is 5.82 Å². The zero-order chi connectivity index (χ0) is 54.0. The average molecular weight is 1110 g/mol. The molecule has 384 valence electrons. The van der Waals surface area contributed by atoms with Crippen LogP contribution in [0.1, 0.15) is 17.5 Å². The molecule has 7 aromatic heterocycles. The summed E-state index contributed by atoms with van der Waals surface area (Å²) in [7, 11) is 8.30. The number of nitrogen functional groups attached to an aromatic ring is 2. The van der Waals surface area contributed by atoms with Gasteiger partial charge in [-0.1, -0.05) is 48.0 Å². The predicted molar refractivity (Wildman–Crippen MR) is 288 cm³/mol. The molecule has 0 saturated heterocycles. The van der Waals surface area contributed by atoms with Gasteiger partial charge in [0.1, 0.15) is 56.3 Å². The average Bonchev–Trinajstić information content (AvgIpc) is 3.43. The molecule has 0 aliphatic rings. The number of nitrogens with zero attached hydrogens (tertiary/aromatic N) is 15. The summed E-state index contributed by atoms with van der Waals surface area (Å²) in [5.74, 6) is 7.21. The van der Waals surface area contributed by atoms with Gasteiger partial charge in [0, 0.05) is 30.3 Å². The van der Waals surface area contributed by atoms with Gasteiger partial charge in [-0.15, -0.1) is 0 Å². The first-order chi connectivity index (χ1) is 35.8. The number of benzene rings is 3. The topological polar surface area (TPSA) is 319 Å². The minimum absolute atomic E-state index is 0. The molecule has 7 heterocycles. The van der Waals surface area contributed by atoms with Crippen LogP contribution < -0.4 is 70.6 Å². The molecule has 0 saturated carbocycles. The Bertz CT molecular complexity index is 3250. The molecule has 0 bridgehead atoms. The van der Waals surface area contributed by atoms with E-state index in [1.807, 2.05) is 106 Å². The number of ether oxygens (including phenoxy) is 3. The quantitative estimate of drug-likeness (QED) is 0.129. The van der Waals surface area contributed by atoms with Crippen LogP contribution in [0.3, 0.4) is 0 Å². The number of aliphatic hydroxyl groups is 1. The molecular formula is C49H53BrClN18NaO5. The molecule has 75 heavy (non-hydrogen) atoms. The number of hydrogen-bond donors (Lipinski definition) is 4. The van der Waals surface area contributed by atoms with Gasteiger partial charge >= 0.3 is 29.6 Å². The summed E-state index contributed by atoms with van der Waals surface area (Å²) in [6.45, 7) is 5.57. The Balaban J connectivity index is 0.000000253. The molecule has 10 rings (SSSR count). The maximum atomic E-state index is 8.25. The Labute approximate surface area is 468 Å². The number of hydrogen-bond acceptors (Lipinski definition) is 23. The number of para-hydroxylation sites is 3. The minimum atomic E-state index is 0. The molecule has 10 aromatic rings. The van der Waals surface area contributed by atoms with Crippen molar-refractivity contribution in [2.45, 2.75) is 20.8 Å². The van der Waals surface area contributed by atoms with E-state index in [1.54, 1.807) is 45.2 Å².